The normalized spacial score (nSPS) is 16.6. The number of hydrogen-bond acceptors (Lipinski definition) is 5. The average molecular weight is 524 g/mol. The Morgan fingerprint density at radius 2 is 1.92 bits per heavy atom. The highest BCUT2D eigenvalue weighted by molar-refractivity contribution is 6.05. The highest BCUT2D eigenvalue weighted by atomic mass is 19.4. The van der Waals surface area contributed by atoms with Crippen molar-refractivity contribution in [2.75, 3.05) is 41.3 Å². The molecule has 5 N–H and O–H groups in total. The van der Waals surface area contributed by atoms with Gasteiger partial charge in [-0.3, -0.25) is 10.3 Å². The maximum absolute atomic E-state index is 13.6. The molecule has 2 aliphatic heterocycles. The van der Waals surface area contributed by atoms with E-state index in [1.54, 1.807) is 41.3 Å². The van der Waals surface area contributed by atoms with E-state index >= 15 is 0 Å². The summed E-state index contributed by atoms with van der Waals surface area (Å²) < 4.78 is 39.9. The zero-order chi connectivity index (χ0) is 26.9. The van der Waals surface area contributed by atoms with Gasteiger partial charge in [-0.15, -0.1) is 0 Å². The number of nitrogens with two attached hydrogens (primary N) is 1. The first-order chi connectivity index (χ1) is 18.2. The highest BCUT2D eigenvalue weighted by Crippen LogP contribution is 2.40. The van der Waals surface area contributed by atoms with Gasteiger partial charge in [-0.2, -0.15) is 13.2 Å². The largest absolute Gasteiger partial charge is 0.416 e. The summed E-state index contributed by atoms with van der Waals surface area (Å²) in [5.41, 5.74) is 7.41. The molecule has 0 spiro atoms. The van der Waals surface area contributed by atoms with E-state index in [4.69, 9.17) is 16.1 Å². The van der Waals surface area contributed by atoms with Crippen molar-refractivity contribution in [3.05, 3.63) is 71.8 Å². The van der Waals surface area contributed by atoms with Gasteiger partial charge in [0.2, 0.25) is 0 Å². The number of nitrogens with zero attached hydrogens (tertiary/aromatic N) is 3. The molecule has 2 aliphatic rings. The Kier molecular flexibility index (Phi) is 6.94. The fraction of sp³-hybridized carbons (Fsp3) is 0.296. The molecule has 1 fully saturated rings. The molecule has 198 valence electrons. The van der Waals surface area contributed by atoms with Gasteiger partial charge < -0.3 is 21.3 Å². The van der Waals surface area contributed by atoms with E-state index in [-0.39, 0.29) is 17.9 Å². The Labute approximate surface area is 218 Å². The number of benzene rings is 2. The molecule has 5 rings (SSSR count). The van der Waals surface area contributed by atoms with Crippen LogP contribution in [0.15, 0.2) is 60.7 Å². The molecule has 38 heavy (non-hydrogen) atoms. The van der Waals surface area contributed by atoms with Crippen molar-refractivity contribution in [2.45, 2.75) is 25.1 Å². The number of piperidine rings is 1. The van der Waals surface area contributed by atoms with Crippen molar-refractivity contribution in [1.29, 1.82) is 5.41 Å². The van der Waals surface area contributed by atoms with Crippen molar-refractivity contribution in [3.8, 4) is 11.3 Å². The standard InChI is InChI=1S/C27H28F3N7O/c28-27(29,30)19-4-1-3-18(15-19)22-10-11-23-25(35-22)37(21-5-2-14-36(23)16-21)26(38)34-20-8-6-17(7-9-20)24(32)33-13-12-31/h1,3-4,6-11,15,21H,2,5,12-14,16,31H2,(H2,32,33)(H,34,38)/t21-/m0/s1. The zero-order valence-electron chi connectivity index (χ0n) is 20.6. The number of amides is 2. The number of aromatic nitrogens is 1. The number of carbonyl (C=O) groups excluding carboxylic acids is 1. The Hall–Kier alpha value is -4.12. The van der Waals surface area contributed by atoms with Crippen LogP contribution in [0.1, 0.15) is 24.0 Å². The van der Waals surface area contributed by atoms with Crippen LogP contribution in [0.3, 0.4) is 0 Å². The maximum Gasteiger partial charge on any atom is 0.416 e. The van der Waals surface area contributed by atoms with Gasteiger partial charge in [-0.05, 0) is 61.4 Å². The van der Waals surface area contributed by atoms with Crippen LogP contribution in [-0.4, -0.2) is 49.1 Å². The average Bonchev–Trinajstić information content (AvgIpc) is 2.91. The van der Waals surface area contributed by atoms with Crippen molar-refractivity contribution in [2.24, 2.45) is 5.73 Å². The number of carbonyl (C=O) groups is 1. The molecule has 2 bridgehead atoms. The van der Waals surface area contributed by atoms with Gasteiger partial charge in [0, 0.05) is 43.0 Å². The molecular formula is C27H28F3N7O. The number of anilines is 3. The molecule has 2 aromatic carbocycles. The molecule has 3 heterocycles. The highest BCUT2D eigenvalue weighted by Gasteiger charge is 2.38. The predicted molar refractivity (Wildman–Crippen MR) is 142 cm³/mol. The van der Waals surface area contributed by atoms with E-state index in [1.807, 2.05) is 6.07 Å². The molecule has 0 radical (unpaired) electrons. The van der Waals surface area contributed by atoms with E-state index < -0.39 is 11.7 Å². The summed E-state index contributed by atoms with van der Waals surface area (Å²) in [6.07, 6.45) is -2.76. The number of alkyl halides is 3. The van der Waals surface area contributed by atoms with Crippen molar-refractivity contribution in [3.63, 3.8) is 0 Å². The fourth-order valence-corrected chi connectivity index (χ4v) is 4.90. The lowest BCUT2D eigenvalue weighted by Gasteiger charge is -2.45. The minimum Gasteiger partial charge on any atom is -0.369 e. The number of urea groups is 1. The number of nitrogens with one attached hydrogen (secondary N) is 3. The summed E-state index contributed by atoms with van der Waals surface area (Å²) in [6.45, 7) is 2.39. The van der Waals surface area contributed by atoms with Gasteiger partial charge in [0.25, 0.3) is 0 Å². The van der Waals surface area contributed by atoms with E-state index in [2.05, 4.69) is 15.5 Å². The van der Waals surface area contributed by atoms with Crippen molar-refractivity contribution in [1.82, 2.24) is 10.3 Å². The maximum atomic E-state index is 13.6. The quantitative estimate of drug-likeness (QED) is 0.287. The van der Waals surface area contributed by atoms with E-state index in [0.717, 1.165) is 37.2 Å². The minimum absolute atomic E-state index is 0.117. The third-order valence-electron chi connectivity index (χ3n) is 6.76. The molecule has 8 nitrogen and oxygen atoms in total. The Balaban J connectivity index is 1.44. The number of fused-ring (bicyclic) bond motifs is 4. The first-order valence-electron chi connectivity index (χ1n) is 12.4. The molecular weight excluding hydrogens is 495 g/mol. The summed E-state index contributed by atoms with van der Waals surface area (Å²) in [6, 6.07) is 15.0. The second-order valence-electron chi connectivity index (χ2n) is 9.33. The Bertz CT molecular complexity index is 1340. The lowest BCUT2D eigenvalue weighted by molar-refractivity contribution is -0.137. The number of halogens is 3. The second-order valence-corrected chi connectivity index (χ2v) is 9.33. The first kappa shape index (κ1) is 25.5. The summed E-state index contributed by atoms with van der Waals surface area (Å²) >= 11 is 0. The zero-order valence-corrected chi connectivity index (χ0v) is 20.6. The van der Waals surface area contributed by atoms with Gasteiger partial charge in [0.05, 0.1) is 23.0 Å². The molecule has 0 saturated carbocycles. The third-order valence-corrected chi connectivity index (χ3v) is 6.76. The van der Waals surface area contributed by atoms with Crippen LogP contribution in [0.4, 0.5) is 35.2 Å². The summed E-state index contributed by atoms with van der Waals surface area (Å²) in [5, 5.41) is 13.9. The van der Waals surface area contributed by atoms with Crippen molar-refractivity contribution >= 4 is 29.1 Å². The van der Waals surface area contributed by atoms with Gasteiger partial charge in [0.1, 0.15) is 5.84 Å². The molecule has 1 aromatic heterocycles. The number of hydrogen-bond donors (Lipinski definition) is 4. The molecule has 11 heteroatoms. The van der Waals surface area contributed by atoms with Crippen LogP contribution in [0.25, 0.3) is 11.3 Å². The molecule has 2 amide bonds. The van der Waals surface area contributed by atoms with Crippen LogP contribution in [0, 0.1) is 5.41 Å². The Morgan fingerprint density at radius 3 is 2.66 bits per heavy atom. The third kappa shape index (κ3) is 5.14. The van der Waals surface area contributed by atoms with Crippen LogP contribution >= 0.6 is 0 Å². The first-order valence-corrected chi connectivity index (χ1v) is 12.4. The predicted octanol–water partition coefficient (Wildman–Crippen LogP) is 4.66. The fourth-order valence-electron chi connectivity index (χ4n) is 4.90. The lowest BCUT2D eigenvalue weighted by Crippen LogP contribution is -2.56. The van der Waals surface area contributed by atoms with Gasteiger partial charge >= 0.3 is 12.2 Å². The number of rotatable bonds is 5. The van der Waals surface area contributed by atoms with Crippen LogP contribution < -0.4 is 26.2 Å². The summed E-state index contributed by atoms with van der Waals surface area (Å²) in [5.74, 6) is 0.671. The van der Waals surface area contributed by atoms with Crippen molar-refractivity contribution < 1.29 is 18.0 Å². The van der Waals surface area contributed by atoms with E-state index in [1.165, 1.54) is 6.07 Å². The minimum atomic E-state index is -4.46. The molecule has 3 aromatic rings. The number of pyridine rings is 1. The monoisotopic (exact) mass is 523 g/mol. The molecule has 0 aliphatic carbocycles. The lowest BCUT2D eigenvalue weighted by atomic mass is 9.99. The topological polar surface area (TPSA) is 110 Å². The van der Waals surface area contributed by atoms with Crippen LogP contribution in [0.5, 0.6) is 0 Å². The van der Waals surface area contributed by atoms with Gasteiger partial charge in [-0.1, -0.05) is 12.1 Å². The van der Waals surface area contributed by atoms with E-state index in [9.17, 15) is 18.0 Å². The van der Waals surface area contributed by atoms with Crippen LogP contribution in [0.2, 0.25) is 0 Å². The summed E-state index contributed by atoms with van der Waals surface area (Å²) in [7, 11) is 0. The SMILES string of the molecule is N=C(NCCN)c1ccc(NC(=O)N2c3nc(-c4cccc(C(F)(F)F)c4)ccc3N3CCC[C@H]2C3)cc1. The second kappa shape index (κ2) is 10.3. The van der Waals surface area contributed by atoms with Gasteiger partial charge in [0.15, 0.2) is 5.82 Å². The van der Waals surface area contributed by atoms with E-state index in [0.29, 0.717) is 48.0 Å². The molecule has 0 unspecified atom stereocenters. The summed E-state index contributed by atoms with van der Waals surface area (Å²) in [4.78, 5) is 22.1. The van der Waals surface area contributed by atoms with Gasteiger partial charge in [-0.25, -0.2) is 9.78 Å². The molecule has 1 atom stereocenters. The Morgan fingerprint density at radius 1 is 1.13 bits per heavy atom. The smallest absolute Gasteiger partial charge is 0.369 e. The van der Waals surface area contributed by atoms with Crippen LogP contribution in [-0.2, 0) is 6.18 Å². The number of amidine groups is 1. The molecule has 1 saturated heterocycles.